The fourth-order valence-electron chi connectivity index (χ4n) is 4.47. The Balaban J connectivity index is 2.07. The van der Waals surface area contributed by atoms with E-state index in [2.05, 4.69) is 16.0 Å². The summed E-state index contributed by atoms with van der Waals surface area (Å²) < 4.78 is 0. The highest BCUT2D eigenvalue weighted by molar-refractivity contribution is 5.93. The number of aliphatic hydroxyl groups excluding tert-OH is 1. The molecular weight excluding hydrogens is 504 g/mol. The van der Waals surface area contributed by atoms with Crippen LogP contribution in [0.15, 0.2) is 36.4 Å². The minimum Gasteiger partial charge on any atom is -0.508 e. The largest absolute Gasteiger partial charge is 0.508 e. The fraction of sp³-hybridized carbons (Fsp3) is 0.444. The van der Waals surface area contributed by atoms with Crippen LogP contribution in [0.1, 0.15) is 30.4 Å². The average Bonchev–Trinajstić information content (AvgIpc) is 2.91. The lowest BCUT2D eigenvalue weighted by atomic mass is 9.95. The van der Waals surface area contributed by atoms with Gasteiger partial charge < -0.3 is 48.5 Å². The zero-order valence-electron chi connectivity index (χ0n) is 21.7. The number of carbonyl (C=O) groups excluding carboxylic acids is 3. The first-order valence-electron chi connectivity index (χ1n) is 13.0. The third-order valence-electron chi connectivity index (χ3n) is 6.74. The number of aliphatic hydroxyl groups is 1. The van der Waals surface area contributed by atoms with Gasteiger partial charge in [-0.1, -0.05) is 12.1 Å². The first-order chi connectivity index (χ1) is 18.7. The number of phenols is 2. The van der Waals surface area contributed by atoms with Gasteiger partial charge in [-0.2, -0.15) is 0 Å². The van der Waals surface area contributed by atoms with Crippen molar-refractivity contribution in [1.29, 1.82) is 0 Å². The van der Waals surface area contributed by atoms with Crippen molar-refractivity contribution in [3.05, 3.63) is 47.5 Å². The van der Waals surface area contributed by atoms with E-state index in [-0.39, 0.29) is 50.5 Å². The maximum atomic E-state index is 13.4. The SMILES string of the molecule is NCCC[C@H]1NC(=O)[C@@H](N)Cc2cc(ccc2O)-c2ccc(O)c(c2)C[C@H](C(=O)N[C@H](CO)CCN)NC1=O. The fourth-order valence-corrected chi connectivity index (χ4v) is 4.47. The van der Waals surface area contributed by atoms with Gasteiger partial charge in [-0.15, -0.1) is 0 Å². The van der Waals surface area contributed by atoms with Crippen LogP contribution >= 0.6 is 0 Å². The molecule has 39 heavy (non-hydrogen) atoms. The molecule has 0 saturated carbocycles. The first kappa shape index (κ1) is 29.8. The zero-order valence-corrected chi connectivity index (χ0v) is 21.7. The molecule has 0 unspecified atom stereocenters. The van der Waals surface area contributed by atoms with Crippen molar-refractivity contribution in [1.82, 2.24) is 16.0 Å². The molecule has 3 rings (SSSR count). The molecule has 4 atom stereocenters. The highest BCUT2D eigenvalue weighted by Crippen LogP contribution is 2.30. The van der Waals surface area contributed by atoms with Crippen LogP contribution in [0, 0.1) is 0 Å². The third-order valence-corrected chi connectivity index (χ3v) is 6.74. The van der Waals surface area contributed by atoms with Crippen LogP contribution in [0.25, 0.3) is 11.1 Å². The highest BCUT2D eigenvalue weighted by Gasteiger charge is 2.30. The van der Waals surface area contributed by atoms with Gasteiger partial charge in [-0.05, 0) is 78.9 Å². The van der Waals surface area contributed by atoms with Gasteiger partial charge in [0, 0.05) is 12.8 Å². The lowest BCUT2D eigenvalue weighted by molar-refractivity contribution is -0.132. The number of carbonyl (C=O) groups is 3. The lowest BCUT2D eigenvalue weighted by Crippen LogP contribution is -2.57. The number of hydrogen-bond acceptors (Lipinski definition) is 9. The molecule has 1 aliphatic heterocycles. The summed E-state index contributed by atoms with van der Waals surface area (Å²) in [4.78, 5) is 39.6. The quantitative estimate of drug-likeness (QED) is 0.193. The molecule has 12 N–H and O–H groups in total. The van der Waals surface area contributed by atoms with Crippen molar-refractivity contribution in [2.45, 2.75) is 56.3 Å². The van der Waals surface area contributed by atoms with Crippen molar-refractivity contribution in [3.8, 4) is 22.6 Å². The van der Waals surface area contributed by atoms with E-state index in [9.17, 15) is 29.7 Å². The summed E-state index contributed by atoms with van der Waals surface area (Å²) in [5.41, 5.74) is 19.6. The van der Waals surface area contributed by atoms with E-state index >= 15 is 0 Å². The number of aromatic hydroxyl groups is 2. The van der Waals surface area contributed by atoms with Gasteiger partial charge >= 0.3 is 0 Å². The number of nitrogens with one attached hydrogen (secondary N) is 3. The lowest BCUT2D eigenvalue weighted by Gasteiger charge is -2.26. The summed E-state index contributed by atoms with van der Waals surface area (Å²) in [5, 5.41) is 38.7. The molecule has 0 aliphatic carbocycles. The number of rotatable bonds is 8. The van der Waals surface area contributed by atoms with Crippen molar-refractivity contribution < 1.29 is 29.7 Å². The molecular formula is C27H38N6O6. The highest BCUT2D eigenvalue weighted by atomic mass is 16.3. The summed E-state index contributed by atoms with van der Waals surface area (Å²) >= 11 is 0. The van der Waals surface area contributed by atoms with Gasteiger partial charge in [0.2, 0.25) is 17.7 Å². The van der Waals surface area contributed by atoms with Crippen molar-refractivity contribution in [2.24, 2.45) is 17.2 Å². The van der Waals surface area contributed by atoms with Crippen LogP contribution in [0.2, 0.25) is 0 Å². The number of hydrogen-bond donors (Lipinski definition) is 9. The van der Waals surface area contributed by atoms with Gasteiger partial charge in [0.1, 0.15) is 23.6 Å². The smallest absolute Gasteiger partial charge is 0.243 e. The Labute approximate surface area is 226 Å². The van der Waals surface area contributed by atoms with Crippen LogP contribution in [0.4, 0.5) is 0 Å². The van der Waals surface area contributed by atoms with Crippen LogP contribution < -0.4 is 33.2 Å². The molecule has 12 heteroatoms. The molecule has 0 aromatic heterocycles. The van der Waals surface area contributed by atoms with Crippen LogP contribution in [-0.4, -0.2) is 76.9 Å². The van der Waals surface area contributed by atoms with Crippen LogP contribution in [0.5, 0.6) is 11.5 Å². The summed E-state index contributed by atoms with van der Waals surface area (Å²) in [6, 6.07) is 5.85. The summed E-state index contributed by atoms with van der Waals surface area (Å²) in [7, 11) is 0. The van der Waals surface area contributed by atoms with Crippen LogP contribution in [-0.2, 0) is 27.2 Å². The summed E-state index contributed by atoms with van der Waals surface area (Å²) in [5.74, 6) is -1.93. The molecule has 1 heterocycles. The zero-order chi connectivity index (χ0) is 28.5. The van der Waals surface area contributed by atoms with E-state index in [0.29, 0.717) is 35.1 Å². The Morgan fingerprint density at radius 3 is 2.13 bits per heavy atom. The molecule has 212 valence electrons. The predicted molar refractivity (Wildman–Crippen MR) is 145 cm³/mol. The monoisotopic (exact) mass is 542 g/mol. The standard InChI is InChI=1S/C27H38N6O6/c28-8-1-2-21-26(38)33-22(27(39)31-19(14-34)7-9-29)13-18-11-16(4-6-24(18)36)15-3-5-23(35)17(10-15)12-20(30)25(37)32-21/h3-6,10-11,19-22,34-36H,1-2,7-9,12-14,28-30H2,(H,31,39)(H,32,37)(H,33,38)/t19-,20-,21+,22+/m0/s1. The van der Waals surface area contributed by atoms with Gasteiger partial charge in [0.25, 0.3) is 0 Å². The van der Waals surface area contributed by atoms with Gasteiger partial charge in [0.15, 0.2) is 0 Å². The minimum atomic E-state index is -1.16. The van der Waals surface area contributed by atoms with E-state index in [1.165, 1.54) is 12.1 Å². The van der Waals surface area contributed by atoms with Crippen molar-refractivity contribution in [3.63, 3.8) is 0 Å². The molecule has 2 aromatic rings. The maximum Gasteiger partial charge on any atom is 0.243 e. The van der Waals surface area contributed by atoms with Crippen LogP contribution in [0.3, 0.4) is 0 Å². The molecule has 4 bridgehead atoms. The molecule has 0 saturated heterocycles. The van der Waals surface area contributed by atoms with Gasteiger partial charge in [-0.25, -0.2) is 0 Å². The Bertz CT molecular complexity index is 1180. The van der Waals surface area contributed by atoms with Gasteiger partial charge in [0.05, 0.1) is 18.7 Å². The van der Waals surface area contributed by atoms with E-state index in [1.807, 2.05) is 0 Å². The Hall–Kier alpha value is -3.71. The predicted octanol–water partition coefficient (Wildman–Crippen LogP) is -1.27. The number of phenolic OH excluding ortho intramolecular Hbond substituents is 2. The van der Waals surface area contributed by atoms with E-state index in [1.54, 1.807) is 24.3 Å². The second-order valence-corrected chi connectivity index (χ2v) is 9.72. The third kappa shape index (κ3) is 7.90. The summed E-state index contributed by atoms with van der Waals surface area (Å²) in [6.45, 7) is 0.155. The second kappa shape index (κ2) is 13.9. The molecule has 3 amide bonds. The number of benzene rings is 2. The minimum absolute atomic E-state index is 0.0103. The Morgan fingerprint density at radius 2 is 1.56 bits per heavy atom. The van der Waals surface area contributed by atoms with Crippen molar-refractivity contribution in [2.75, 3.05) is 19.7 Å². The van der Waals surface area contributed by atoms with E-state index in [4.69, 9.17) is 17.2 Å². The molecule has 0 radical (unpaired) electrons. The molecule has 0 spiro atoms. The second-order valence-electron chi connectivity index (χ2n) is 9.72. The number of fused-ring (bicyclic) bond motifs is 5. The normalized spacial score (nSPS) is 20.7. The van der Waals surface area contributed by atoms with Gasteiger partial charge in [-0.3, -0.25) is 14.4 Å². The Morgan fingerprint density at radius 1 is 0.949 bits per heavy atom. The number of amides is 3. The molecule has 1 aliphatic rings. The molecule has 12 nitrogen and oxygen atoms in total. The molecule has 0 fully saturated rings. The molecule has 2 aromatic carbocycles. The summed E-state index contributed by atoms with van der Waals surface area (Å²) in [6.07, 6.45) is 0.860. The topological polar surface area (TPSA) is 226 Å². The number of nitrogens with two attached hydrogens (primary N) is 3. The maximum absolute atomic E-state index is 13.4. The van der Waals surface area contributed by atoms with Crippen molar-refractivity contribution >= 4 is 17.7 Å². The Kier molecular flexibility index (Phi) is 10.6. The first-order valence-corrected chi connectivity index (χ1v) is 13.0. The van der Waals surface area contributed by atoms with E-state index in [0.717, 1.165) is 0 Å². The van der Waals surface area contributed by atoms with E-state index < -0.39 is 41.9 Å². The average molecular weight is 543 g/mol.